The van der Waals surface area contributed by atoms with Crippen LogP contribution in [0.15, 0.2) is 29.3 Å². The Morgan fingerprint density at radius 2 is 1.88 bits per heavy atom. The number of aliphatic imine (C=N–C) groups is 1. The summed E-state index contributed by atoms with van der Waals surface area (Å²) in [6, 6.07) is 7.70. The minimum absolute atomic E-state index is 0.0183. The van der Waals surface area contributed by atoms with Crippen LogP contribution in [-0.4, -0.2) is 44.8 Å². The number of hydrogen-bond acceptors (Lipinski definition) is 4. The largest absolute Gasteiger partial charge is 0.489 e. The van der Waals surface area contributed by atoms with Gasteiger partial charge in [-0.3, -0.25) is 4.99 Å². The average Bonchev–Trinajstić information content (AvgIpc) is 3.02. The van der Waals surface area contributed by atoms with Crippen LogP contribution in [0, 0.1) is 0 Å². The van der Waals surface area contributed by atoms with Crippen LogP contribution in [-0.2, 0) is 9.47 Å². The summed E-state index contributed by atoms with van der Waals surface area (Å²) in [6.07, 6.45) is 2.35. The van der Waals surface area contributed by atoms with Gasteiger partial charge in [-0.1, -0.05) is 12.1 Å². The molecule has 1 aliphatic carbocycles. The number of ether oxygens (including phenoxy) is 3. The molecule has 4 nitrogen and oxygen atoms in total. The predicted octanol–water partition coefficient (Wildman–Crippen LogP) is 3.80. The minimum Gasteiger partial charge on any atom is -0.489 e. The van der Waals surface area contributed by atoms with Crippen molar-refractivity contribution in [1.82, 2.24) is 0 Å². The molecule has 0 spiro atoms. The number of halogens is 2. The minimum atomic E-state index is -2.48. The van der Waals surface area contributed by atoms with E-state index in [0.29, 0.717) is 26.1 Å². The first kappa shape index (κ1) is 17.3. The summed E-state index contributed by atoms with van der Waals surface area (Å²) < 4.78 is 42.8. The molecule has 1 unspecified atom stereocenters. The monoisotopic (exact) mass is 339 g/mol. The first-order valence-electron chi connectivity index (χ1n) is 8.34. The van der Waals surface area contributed by atoms with E-state index in [-0.39, 0.29) is 31.1 Å². The van der Waals surface area contributed by atoms with Crippen molar-refractivity contribution in [1.29, 1.82) is 0 Å². The number of alkyl halides is 2. The quantitative estimate of drug-likeness (QED) is 0.791. The molecule has 0 saturated heterocycles. The molecule has 0 aromatic heterocycles. The van der Waals surface area contributed by atoms with Crippen LogP contribution in [0.5, 0.6) is 5.75 Å². The van der Waals surface area contributed by atoms with Gasteiger partial charge in [-0.25, -0.2) is 8.78 Å². The summed E-state index contributed by atoms with van der Waals surface area (Å²) in [5, 5.41) is 0. The fourth-order valence-corrected chi connectivity index (χ4v) is 3.17. The second-order valence-corrected chi connectivity index (χ2v) is 6.39. The van der Waals surface area contributed by atoms with Crippen molar-refractivity contribution < 1.29 is 23.0 Å². The molecule has 6 heteroatoms. The maximum atomic E-state index is 13.2. The SMILES string of the molecule is COCC1C=N[C@H](COc2ccc(C3CCC(F)(F)CC3)cc2)O1. The predicted molar refractivity (Wildman–Crippen MR) is 87.1 cm³/mol. The zero-order valence-electron chi connectivity index (χ0n) is 13.8. The molecule has 1 aromatic rings. The van der Waals surface area contributed by atoms with Gasteiger partial charge in [-0.05, 0) is 36.5 Å². The van der Waals surface area contributed by atoms with Crippen LogP contribution in [0.4, 0.5) is 8.78 Å². The van der Waals surface area contributed by atoms with E-state index < -0.39 is 5.92 Å². The number of hydrogen-bond donors (Lipinski definition) is 0. The van der Waals surface area contributed by atoms with Gasteiger partial charge in [0.15, 0.2) is 6.23 Å². The summed E-state index contributed by atoms with van der Waals surface area (Å²) in [4.78, 5) is 4.23. The summed E-state index contributed by atoms with van der Waals surface area (Å²) in [7, 11) is 1.62. The van der Waals surface area contributed by atoms with Gasteiger partial charge in [0.1, 0.15) is 18.5 Å². The van der Waals surface area contributed by atoms with Crippen molar-refractivity contribution in [2.75, 3.05) is 20.3 Å². The molecule has 3 rings (SSSR count). The molecular weight excluding hydrogens is 316 g/mol. The molecule has 2 aliphatic rings. The molecule has 2 atom stereocenters. The second-order valence-electron chi connectivity index (χ2n) is 6.39. The third-order valence-corrected chi connectivity index (χ3v) is 4.54. The van der Waals surface area contributed by atoms with Gasteiger partial charge >= 0.3 is 0 Å². The Morgan fingerprint density at radius 3 is 2.54 bits per heavy atom. The summed E-state index contributed by atoms with van der Waals surface area (Å²) >= 11 is 0. The lowest BCUT2D eigenvalue weighted by Gasteiger charge is -2.28. The van der Waals surface area contributed by atoms with E-state index in [1.54, 1.807) is 13.3 Å². The fourth-order valence-electron chi connectivity index (χ4n) is 3.17. The molecule has 0 bridgehead atoms. The summed E-state index contributed by atoms with van der Waals surface area (Å²) in [6.45, 7) is 0.820. The average molecular weight is 339 g/mol. The van der Waals surface area contributed by atoms with Crippen molar-refractivity contribution in [3.63, 3.8) is 0 Å². The Morgan fingerprint density at radius 1 is 1.17 bits per heavy atom. The van der Waals surface area contributed by atoms with Gasteiger partial charge in [0.2, 0.25) is 5.92 Å². The van der Waals surface area contributed by atoms with E-state index in [2.05, 4.69) is 4.99 Å². The first-order valence-corrected chi connectivity index (χ1v) is 8.34. The van der Waals surface area contributed by atoms with Crippen LogP contribution in [0.2, 0.25) is 0 Å². The van der Waals surface area contributed by atoms with Crippen LogP contribution in [0.1, 0.15) is 37.2 Å². The molecule has 1 aliphatic heterocycles. The van der Waals surface area contributed by atoms with Crippen molar-refractivity contribution in [3.8, 4) is 5.75 Å². The Balaban J connectivity index is 1.46. The highest BCUT2D eigenvalue weighted by atomic mass is 19.3. The van der Waals surface area contributed by atoms with Crippen LogP contribution < -0.4 is 4.74 Å². The second kappa shape index (κ2) is 7.57. The molecule has 0 amide bonds. The van der Waals surface area contributed by atoms with Crippen molar-refractivity contribution in [3.05, 3.63) is 29.8 Å². The lowest BCUT2D eigenvalue weighted by Crippen LogP contribution is -2.23. The highest BCUT2D eigenvalue weighted by Crippen LogP contribution is 2.41. The van der Waals surface area contributed by atoms with Gasteiger partial charge in [0.05, 0.1) is 6.61 Å². The van der Waals surface area contributed by atoms with Crippen molar-refractivity contribution in [2.45, 2.75) is 49.9 Å². The molecule has 0 radical (unpaired) electrons. The lowest BCUT2D eigenvalue weighted by molar-refractivity contribution is -0.0382. The van der Waals surface area contributed by atoms with Gasteiger partial charge in [0, 0.05) is 26.2 Å². The molecule has 1 heterocycles. The molecule has 1 aromatic carbocycles. The molecule has 0 N–H and O–H groups in total. The van der Waals surface area contributed by atoms with Crippen molar-refractivity contribution in [2.24, 2.45) is 4.99 Å². The van der Waals surface area contributed by atoms with Crippen LogP contribution in [0.3, 0.4) is 0 Å². The summed E-state index contributed by atoms with van der Waals surface area (Å²) in [5.74, 6) is -1.53. The summed E-state index contributed by atoms with van der Waals surface area (Å²) in [5.41, 5.74) is 1.10. The number of benzene rings is 1. The van der Waals surface area contributed by atoms with E-state index in [4.69, 9.17) is 14.2 Å². The van der Waals surface area contributed by atoms with Gasteiger partial charge in [-0.2, -0.15) is 0 Å². The Hall–Kier alpha value is -1.53. The highest BCUT2D eigenvalue weighted by molar-refractivity contribution is 5.65. The topological polar surface area (TPSA) is 40.0 Å². The number of nitrogens with zero attached hydrogens (tertiary/aromatic N) is 1. The van der Waals surface area contributed by atoms with Crippen LogP contribution in [0.25, 0.3) is 0 Å². The van der Waals surface area contributed by atoms with Crippen molar-refractivity contribution >= 4 is 6.21 Å². The maximum absolute atomic E-state index is 13.2. The van der Waals surface area contributed by atoms with E-state index in [9.17, 15) is 8.78 Å². The zero-order chi connectivity index (χ0) is 17.0. The van der Waals surface area contributed by atoms with Gasteiger partial charge < -0.3 is 14.2 Å². The molecule has 132 valence electrons. The highest BCUT2D eigenvalue weighted by Gasteiger charge is 2.35. The first-order chi connectivity index (χ1) is 11.6. The van der Waals surface area contributed by atoms with Gasteiger partial charge in [0.25, 0.3) is 0 Å². The van der Waals surface area contributed by atoms with E-state index in [1.807, 2.05) is 24.3 Å². The third-order valence-electron chi connectivity index (χ3n) is 4.54. The normalized spacial score (nSPS) is 26.6. The number of rotatable bonds is 6. The standard InChI is InChI=1S/C18H23F2NO3/c1-22-11-16-10-21-17(24-16)12-23-15-4-2-13(3-5-15)14-6-8-18(19,20)9-7-14/h2-5,10,14,16-17H,6-9,11-12H2,1H3/t16?,17-/m0/s1. The smallest absolute Gasteiger partial charge is 0.248 e. The Labute approximate surface area is 140 Å². The Kier molecular flexibility index (Phi) is 5.46. The third kappa shape index (κ3) is 4.51. The maximum Gasteiger partial charge on any atom is 0.248 e. The molecule has 1 saturated carbocycles. The van der Waals surface area contributed by atoms with Crippen LogP contribution >= 0.6 is 0 Å². The molecular formula is C18H23F2NO3. The fraction of sp³-hybridized carbons (Fsp3) is 0.611. The van der Waals surface area contributed by atoms with E-state index in [0.717, 1.165) is 11.3 Å². The lowest BCUT2D eigenvalue weighted by atomic mass is 9.82. The van der Waals surface area contributed by atoms with E-state index in [1.165, 1.54) is 0 Å². The molecule has 24 heavy (non-hydrogen) atoms. The molecule has 1 fully saturated rings. The van der Waals surface area contributed by atoms with E-state index >= 15 is 0 Å². The van der Waals surface area contributed by atoms with Gasteiger partial charge in [-0.15, -0.1) is 0 Å². The zero-order valence-corrected chi connectivity index (χ0v) is 13.8. The number of methoxy groups -OCH3 is 1. The Bertz CT molecular complexity index is 552.